The summed E-state index contributed by atoms with van der Waals surface area (Å²) in [6.45, 7) is 3.94. The first-order valence-corrected chi connectivity index (χ1v) is 5.81. The number of aliphatic hydroxyl groups is 1. The fraction of sp³-hybridized carbons (Fsp3) is 0.462. The second kappa shape index (κ2) is 4.26. The molecule has 1 unspecified atom stereocenters. The molecule has 1 heterocycles. The van der Waals surface area contributed by atoms with Crippen molar-refractivity contribution in [1.82, 2.24) is 9.97 Å². The number of imidazole rings is 1. The molecule has 0 saturated carbocycles. The Labute approximate surface area is 95.5 Å². The third-order valence-corrected chi connectivity index (χ3v) is 2.92. The highest BCUT2D eigenvalue weighted by molar-refractivity contribution is 5.74. The second-order valence-corrected chi connectivity index (χ2v) is 4.48. The molecule has 2 N–H and O–H groups in total. The number of hydrogen-bond acceptors (Lipinski definition) is 2. The molecule has 0 saturated heterocycles. The van der Waals surface area contributed by atoms with Gasteiger partial charge in [0.1, 0.15) is 11.4 Å². The molecule has 2 rings (SSSR count). The van der Waals surface area contributed by atoms with Crippen molar-refractivity contribution < 1.29 is 5.11 Å². The van der Waals surface area contributed by atoms with Crippen molar-refractivity contribution in [3.8, 4) is 0 Å². The van der Waals surface area contributed by atoms with Crippen molar-refractivity contribution in [3.63, 3.8) is 0 Å². The van der Waals surface area contributed by atoms with Gasteiger partial charge in [-0.3, -0.25) is 0 Å². The smallest absolute Gasteiger partial charge is 0.139 e. The van der Waals surface area contributed by atoms with Crippen molar-refractivity contribution in [2.45, 2.75) is 38.7 Å². The minimum absolute atomic E-state index is 0.669. The van der Waals surface area contributed by atoms with Crippen LogP contribution >= 0.6 is 0 Å². The van der Waals surface area contributed by atoms with Crippen molar-refractivity contribution in [2.75, 3.05) is 0 Å². The van der Waals surface area contributed by atoms with E-state index >= 15 is 0 Å². The molecule has 0 aliphatic rings. The van der Waals surface area contributed by atoms with Crippen LogP contribution in [-0.4, -0.2) is 15.1 Å². The molecule has 3 heteroatoms. The van der Waals surface area contributed by atoms with E-state index in [1.54, 1.807) is 0 Å². The number of para-hydroxylation sites is 2. The van der Waals surface area contributed by atoms with E-state index in [4.69, 9.17) is 0 Å². The molecule has 0 bridgehead atoms. The molecular weight excluding hydrogens is 200 g/mol. The van der Waals surface area contributed by atoms with Gasteiger partial charge in [0.15, 0.2) is 0 Å². The molecule has 0 amide bonds. The van der Waals surface area contributed by atoms with Crippen LogP contribution in [0.25, 0.3) is 11.0 Å². The van der Waals surface area contributed by atoms with Gasteiger partial charge >= 0.3 is 0 Å². The molecule has 1 aromatic carbocycles. The number of unbranched alkanes of at least 4 members (excludes halogenated alkanes) is 1. The lowest BCUT2D eigenvalue weighted by atomic mass is 9.99. The highest BCUT2D eigenvalue weighted by Crippen LogP contribution is 2.26. The third kappa shape index (κ3) is 2.09. The molecule has 0 fully saturated rings. The summed E-state index contributed by atoms with van der Waals surface area (Å²) in [7, 11) is 0. The Balaban J connectivity index is 2.31. The van der Waals surface area contributed by atoms with E-state index < -0.39 is 5.60 Å². The van der Waals surface area contributed by atoms with Gasteiger partial charge in [0.05, 0.1) is 11.0 Å². The fourth-order valence-electron chi connectivity index (χ4n) is 1.85. The Kier molecular flexibility index (Phi) is 2.97. The number of rotatable bonds is 4. The summed E-state index contributed by atoms with van der Waals surface area (Å²) in [5.74, 6) is 0.669. The van der Waals surface area contributed by atoms with E-state index in [1.807, 2.05) is 31.2 Å². The van der Waals surface area contributed by atoms with Gasteiger partial charge in [-0.25, -0.2) is 4.98 Å². The zero-order chi connectivity index (χ0) is 11.6. The molecule has 1 aromatic heterocycles. The van der Waals surface area contributed by atoms with Gasteiger partial charge in [-0.05, 0) is 25.5 Å². The van der Waals surface area contributed by atoms with Crippen LogP contribution in [0.3, 0.4) is 0 Å². The first-order chi connectivity index (χ1) is 7.63. The third-order valence-electron chi connectivity index (χ3n) is 2.92. The average Bonchev–Trinajstić information content (AvgIpc) is 2.71. The lowest BCUT2D eigenvalue weighted by molar-refractivity contribution is 0.0373. The quantitative estimate of drug-likeness (QED) is 0.828. The van der Waals surface area contributed by atoms with E-state index in [0.29, 0.717) is 5.82 Å². The summed E-state index contributed by atoms with van der Waals surface area (Å²) in [5.41, 5.74) is 1.04. The van der Waals surface area contributed by atoms with Crippen LogP contribution < -0.4 is 0 Å². The minimum Gasteiger partial charge on any atom is -0.382 e. The molecular formula is C13H18N2O. The maximum Gasteiger partial charge on any atom is 0.139 e. The Morgan fingerprint density at radius 3 is 2.81 bits per heavy atom. The Bertz CT molecular complexity index is 440. The van der Waals surface area contributed by atoms with E-state index in [9.17, 15) is 5.11 Å². The number of benzene rings is 1. The van der Waals surface area contributed by atoms with Crippen LogP contribution in [0.15, 0.2) is 24.3 Å². The molecule has 0 aliphatic heterocycles. The zero-order valence-corrected chi connectivity index (χ0v) is 9.83. The molecule has 1 atom stereocenters. The molecule has 0 radical (unpaired) electrons. The topological polar surface area (TPSA) is 48.9 Å². The van der Waals surface area contributed by atoms with Gasteiger partial charge in [-0.2, -0.15) is 0 Å². The standard InChI is InChI=1S/C13H18N2O/c1-3-4-9-13(2,16)12-14-10-7-5-6-8-11(10)15-12/h5-8,16H,3-4,9H2,1-2H3,(H,14,15). The highest BCUT2D eigenvalue weighted by atomic mass is 16.3. The summed E-state index contributed by atoms with van der Waals surface area (Å²) in [6.07, 6.45) is 2.82. The van der Waals surface area contributed by atoms with Gasteiger partial charge < -0.3 is 10.1 Å². The number of aromatic nitrogens is 2. The van der Waals surface area contributed by atoms with Crippen molar-refractivity contribution in [3.05, 3.63) is 30.1 Å². The maximum absolute atomic E-state index is 10.3. The van der Waals surface area contributed by atoms with E-state index in [2.05, 4.69) is 16.9 Å². The fourth-order valence-corrected chi connectivity index (χ4v) is 1.85. The molecule has 2 aromatic rings. The Morgan fingerprint density at radius 2 is 2.12 bits per heavy atom. The Morgan fingerprint density at radius 1 is 1.38 bits per heavy atom. The molecule has 0 aliphatic carbocycles. The molecule has 0 spiro atoms. The predicted octanol–water partition coefficient (Wildman–Crippen LogP) is 2.96. The summed E-state index contributed by atoms with van der Waals surface area (Å²) >= 11 is 0. The van der Waals surface area contributed by atoms with Gasteiger partial charge in [-0.15, -0.1) is 0 Å². The van der Waals surface area contributed by atoms with Crippen molar-refractivity contribution in [2.24, 2.45) is 0 Å². The summed E-state index contributed by atoms with van der Waals surface area (Å²) in [5, 5.41) is 10.3. The van der Waals surface area contributed by atoms with Gasteiger partial charge in [-0.1, -0.05) is 31.9 Å². The predicted molar refractivity (Wildman–Crippen MR) is 65.2 cm³/mol. The van der Waals surface area contributed by atoms with Gasteiger partial charge in [0, 0.05) is 0 Å². The number of H-pyrrole nitrogens is 1. The van der Waals surface area contributed by atoms with E-state index in [1.165, 1.54) is 0 Å². The largest absolute Gasteiger partial charge is 0.382 e. The van der Waals surface area contributed by atoms with Crippen LogP contribution in [0.1, 0.15) is 38.9 Å². The van der Waals surface area contributed by atoms with E-state index in [-0.39, 0.29) is 0 Å². The number of nitrogens with one attached hydrogen (secondary N) is 1. The van der Waals surface area contributed by atoms with Crippen LogP contribution in [0.2, 0.25) is 0 Å². The van der Waals surface area contributed by atoms with Gasteiger partial charge in [0.2, 0.25) is 0 Å². The molecule has 16 heavy (non-hydrogen) atoms. The van der Waals surface area contributed by atoms with Crippen molar-refractivity contribution >= 4 is 11.0 Å². The first-order valence-electron chi connectivity index (χ1n) is 5.81. The van der Waals surface area contributed by atoms with E-state index in [0.717, 1.165) is 30.3 Å². The van der Waals surface area contributed by atoms with Crippen molar-refractivity contribution in [1.29, 1.82) is 0 Å². The average molecular weight is 218 g/mol. The summed E-state index contributed by atoms with van der Waals surface area (Å²) < 4.78 is 0. The van der Waals surface area contributed by atoms with Crippen LogP contribution in [0, 0.1) is 0 Å². The lowest BCUT2D eigenvalue weighted by Gasteiger charge is -2.20. The number of nitrogens with zero attached hydrogens (tertiary/aromatic N) is 1. The minimum atomic E-state index is -0.852. The lowest BCUT2D eigenvalue weighted by Crippen LogP contribution is -2.22. The summed E-state index contributed by atoms with van der Waals surface area (Å²) in [6, 6.07) is 7.84. The van der Waals surface area contributed by atoms with Crippen LogP contribution in [-0.2, 0) is 5.60 Å². The van der Waals surface area contributed by atoms with Crippen LogP contribution in [0.5, 0.6) is 0 Å². The maximum atomic E-state index is 10.3. The zero-order valence-electron chi connectivity index (χ0n) is 9.83. The normalized spacial score (nSPS) is 15.2. The SMILES string of the molecule is CCCCC(C)(O)c1nc2ccccc2[nH]1. The monoisotopic (exact) mass is 218 g/mol. The van der Waals surface area contributed by atoms with Gasteiger partial charge in [0.25, 0.3) is 0 Å². The van der Waals surface area contributed by atoms with Crippen LogP contribution in [0.4, 0.5) is 0 Å². The molecule has 3 nitrogen and oxygen atoms in total. The number of fused-ring (bicyclic) bond motifs is 1. The second-order valence-electron chi connectivity index (χ2n) is 4.48. The summed E-state index contributed by atoms with van der Waals surface area (Å²) in [4.78, 5) is 7.62. The first kappa shape index (κ1) is 11.1. The highest BCUT2D eigenvalue weighted by Gasteiger charge is 2.25. The number of hydrogen-bond donors (Lipinski definition) is 2. The number of aromatic amines is 1. The Hall–Kier alpha value is -1.35. The molecule has 86 valence electrons.